The fraction of sp³-hybridized carbons (Fsp3) is 0.500. The van der Waals surface area contributed by atoms with Crippen LogP contribution in [0.2, 0.25) is 4.34 Å². The van der Waals surface area contributed by atoms with Crippen LogP contribution in [0.5, 0.6) is 0 Å². The highest BCUT2D eigenvalue weighted by Crippen LogP contribution is 2.35. The molecule has 0 spiro atoms. The average Bonchev–Trinajstić information content (AvgIpc) is 2.84. The SMILES string of the molecule is COC(=O)C1CNC[C@H]1c1ccc(Cl)s1. The van der Waals surface area contributed by atoms with Crippen LogP contribution < -0.4 is 5.32 Å². The number of halogens is 1. The molecule has 1 aliphatic rings. The standard InChI is InChI=1S/C10H12ClNO2S/c1-14-10(13)7-5-12-4-6(7)8-2-3-9(11)15-8/h2-3,6-7,12H,4-5H2,1H3/t6-,7?/m1/s1. The monoisotopic (exact) mass is 245 g/mol. The van der Waals surface area contributed by atoms with Gasteiger partial charge in [-0.05, 0) is 12.1 Å². The van der Waals surface area contributed by atoms with Crippen molar-refractivity contribution in [1.29, 1.82) is 0 Å². The summed E-state index contributed by atoms with van der Waals surface area (Å²) < 4.78 is 5.55. The number of rotatable bonds is 2. The van der Waals surface area contributed by atoms with Crippen LogP contribution in [-0.2, 0) is 9.53 Å². The summed E-state index contributed by atoms with van der Waals surface area (Å²) >= 11 is 7.42. The van der Waals surface area contributed by atoms with Gasteiger partial charge in [-0.2, -0.15) is 0 Å². The van der Waals surface area contributed by atoms with E-state index in [-0.39, 0.29) is 17.8 Å². The minimum atomic E-state index is -0.144. The Morgan fingerprint density at radius 3 is 3.00 bits per heavy atom. The molecular formula is C10H12ClNO2S. The molecule has 5 heteroatoms. The van der Waals surface area contributed by atoms with Gasteiger partial charge in [-0.3, -0.25) is 4.79 Å². The lowest BCUT2D eigenvalue weighted by molar-refractivity contribution is -0.145. The minimum Gasteiger partial charge on any atom is -0.469 e. The Kier molecular flexibility index (Phi) is 3.29. The summed E-state index contributed by atoms with van der Waals surface area (Å²) in [5.74, 6) is -0.0193. The van der Waals surface area contributed by atoms with Crippen molar-refractivity contribution in [2.45, 2.75) is 5.92 Å². The molecule has 2 atom stereocenters. The Hall–Kier alpha value is -0.580. The maximum atomic E-state index is 11.5. The second-order valence-electron chi connectivity index (χ2n) is 3.54. The molecule has 1 N–H and O–H groups in total. The van der Waals surface area contributed by atoms with Gasteiger partial charge in [-0.1, -0.05) is 11.6 Å². The van der Waals surface area contributed by atoms with Gasteiger partial charge < -0.3 is 10.1 Å². The van der Waals surface area contributed by atoms with E-state index in [1.165, 1.54) is 18.4 Å². The van der Waals surface area contributed by atoms with E-state index >= 15 is 0 Å². The third-order valence-corrected chi connectivity index (χ3v) is 4.04. The van der Waals surface area contributed by atoms with Gasteiger partial charge >= 0.3 is 5.97 Å². The number of esters is 1. The van der Waals surface area contributed by atoms with Crippen molar-refractivity contribution >= 4 is 28.9 Å². The van der Waals surface area contributed by atoms with E-state index in [2.05, 4.69) is 5.32 Å². The molecule has 82 valence electrons. The predicted molar refractivity (Wildman–Crippen MR) is 60.4 cm³/mol. The summed E-state index contributed by atoms with van der Waals surface area (Å²) in [4.78, 5) is 12.7. The third kappa shape index (κ3) is 2.17. The van der Waals surface area contributed by atoms with E-state index in [1.54, 1.807) is 0 Å². The van der Waals surface area contributed by atoms with Gasteiger partial charge in [0, 0.05) is 23.9 Å². The zero-order valence-corrected chi connectivity index (χ0v) is 9.90. The van der Waals surface area contributed by atoms with Gasteiger partial charge in [0.15, 0.2) is 0 Å². The predicted octanol–water partition coefficient (Wildman–Crippen LogP) is 1.88. The first kappa shape index (κ1) is 10.9. The second kappa shape index (κ2) is 4.51. The Balaban J connectivity index is 2.18. The van der Waals surface area contributed by atoms with Crippen LogP contribution >= 0.6 is 22.9 Å². The summed E-state index contributed by atoms with van der Waals surface area (Å²) in [5.41, 5.74) is 0. The Morgan fingerprint density at radius 1 is 1.60 bits per heavy atom. The van der Waals surface area contributed by atoms with Gasteiger partial charge in [0.2, 0.25) is 0 Å². The van der Waals surface area contributed by atoms with Crippen molar-refractivity contribution in [3.8, 4) is 0 Å². The molecule has 1 fully saturated rings. The number of hydrogen-bond donors (Lipinski definition) is 1. The van der Waals surface area contributed by atoms with Gasteiger partial charge in [-0.15, -0.1) is 11.3 Å². The minimum absolute atomic E-state index is 0.0790. The third-order valence-electron chi connectivity index (χ3n) is 2.68. The van der Waals surface area contributed by atoms with E-state index in [0.717, 1.165) is 15.8 Å². The van der Waals surface area contributed by atoms with Crippen molar-refractivity contribution in [2.75, 3.05) is 20.2 Å². The lowest BCUT2D eigenvalue weighted by Gasteiger charge is -2.14. The van der Waals surface area contributed by atoms with E-state index in [0.29, 0.717) is 6.54 Å². The summed E-state index contributed by atoms with van der Waals surface area (Å²) in [6.45, 7) is 1.50. The van der Waals surface area contributed by atoms with Crippen molar-refractivity contribution in [2.24, 2.45) is 5.92 Å². The zero-order valence-electron chi connectivity index (χ0n) is 8.33. The number of methoxy groups -OCH3 is 1. The van der Waals surface area contributed by atoms with E-state index in [1.807, 2.05) is 12.1 Å². The molecular weight excluding hydrogens is 234 g/mol. The number of carbonyl (C=O) groups excluding carboxylic acids is 1. The quantitative estimate of drug-likeness (QED) is 0.809. The molecule has 0 aromatic carbocycles. The molecule has 1 saturated heterocycles. The fourth-order valence-electron chi connectivity index (χ4n) is 1.90. The number of hydrogen-bond acceptors (Lipinski definition) is 4. The highest BCUT2D eigenvalue weighted by molar-refractivity contribution is 7.16. The molecule has 0 amide bonds. The molecule has 0 radical (unpaired) electrons. The summed E-state index contributed by atoms with van der Waals surface area (Å²) in [5, 5.41) is 3.21. The summed E-state index contributed by atoms with van der Waals surface area (Å²) in [6, 6.07) is 3.86. The van der Waals surface area contributed by atoms with Gasteiger partial charge in [0.25, 0.3) is 0 Å². The molecule has 1 unspecified atom stereocenters. The van der Waals surface area contributed by atoms with Crippen LogP contribution in [0, 0.1) is 5.92 Å². The van der Waals surface area contributed by atoms with Crippen molar-refractivity contribution < 1.29 is 9.53 Å². The van der Waals surface area contributed by atoms with Gasteiger partial charge in [0.05, 0.1) is 17.4 Å². The molecule has 2 rings (SSSR count). The second-order valence-corrected chi connectivity index (χ2v) is 5.28. The maximum Gasteiger partial charge on any atom is 0.310 e. The van der Waals surface area contributed by atoms with Crippen molar-refractivity contribution in [1.82, 2.24) is 5.32 Å². The maximum absolute atomic E-state index is 11.5. The van der Waals surface area contributed by atoms with Gasteiger partial charge in [0.1, 0.15) is 0 Å². The summed E-state index contributed by atoms with van der Waals surface area (Å²) in [6.07, 6.45) is 0. The van der Waals surface area contributed by atoms with E-state index in [9.17, 15) is 4.79 Å². The van der Waals surface area contributed by atoms with Crippen molar-refractivity contribution in [3.05, 3.63) is 21.3 Å². The van der Waals surface area contributed by atoms with Crippen LogP contribution in [0.4, 0.5) is 0 Å². The van der Waals surface area contributed by atoms with Gasteiger partial charge in [-0.25, -0.2) is 0 Å². The largest absolute Gasteiger partial charge is 0.469 e. The van der Waals surface area contributed by atoms with Crippen LogP contribution in [-0.4, -0.2) is 26.2 Å². The van der Waals surface area contributed by atoms with Crippen LogP contribution in [0.15, 0.2) is 12.1 Å². The highest BCUT2D eigenvalue weighted by atomic mass is 35.5. The molecule has 3 nitrogen and oxygen atoms in total. The topological polar surface area (TPSA) is 38.3 Å². The number of nitrogens with one attached hydrogen (secondary N) is 1. The highest BCUT2D eigenvalue weighted by Gasteiger charge is 2.35. The molecule has 0 saturated carbocycles. The molecule has 1 aromatic rings. The molecule has 1 aromatic heterocycles. The summed E-state index contributed by atoms with van der Waals surface area (Å²) in [7, 11) is 1.43. The van der Waals surface area contributed by atoms with Crippen LogP contribution in [0.3, 0.4) is 0 Å². The molecule has 2 heterocycles. The first-order chi connectivity index (χ1) is 7.22. The first-order valence-electron chi connectivity index (χ1n) is 4.76. The van der Waals surface area contributed by atoms with Crippen LogP contribution in [0.1, 0.15) is 10.8 Å². The normalized spacial score (nSPS) is 25.5. The van der Waals surface area contributed by atoms with E-state index in [4.69, 9.17) is 16.3 Å². The lowest BCUT2D eigenvalue weighted by Crippen LogP contribution is -2.22. The van der Waals surface area contributed by atoms with Crippen molar-refractivity contribution in [3.63, 3.8) is 0 Å². The fourth-order valence-corrected chi connectivity index (χ4v) is 3.13. The van der Waals surface area contributed by atoms with E-state index < -0.39 is 0 Å². The number of ether oxygens (including phenoxy) is 1. The molecule has 15 heavy (non-hydrogen) atoms. The molecule has 0 bridgehead atoms. The number of thiophene rings is 1. The molecule has 0 aliphatic carbocycles. The average molecular weight is 246 g/mol. The number of carbonyl (C=O) groups is 1. The smallest absolute Gasteiger partial charge is 0.310 e. The molecule has 1 aliphatic heterocycles. The Bertz CT molecular complexity index is 366. The lowest BCUT2D eigenvalue weighted by atomic mass is 9.95. The zero-order chi connectivity index (χ0) is 10.8. The van der Waals surface area contributed by atoms with Crippen LogP contribution in [0.25, 0.3) is 0 Å². The Morgan fingerprint density at radius 2 is 2.40 bits per heavy atom. The first-order valence-corrected chi connectivity index (χ1v) is 5.95. The Labute approximate surface area is 97.4 Å².